The molecule has 2 atom stereocenters. The van der Waals surface area contributed by atoms with Crippen LogP contribution < -0.4 is 10.1 Å². The van der Waals surface area contributed by atoms with Crippen molar-refractivity contribution >= 4 is 15.9 Å². The summed E-state index contributed by atoms with van der Waals surface area (Å²) in [6.07, 6.45) is 5.20. The number of carbonyl (C=O) groups excluding carboxylic acids is 1. The molecule has 3 aliphatic rings. The SMILES string of the molecule is COc1cc(C)c(S(=O)(=O)N2CCCC(OCC(=O)NC3CCC(C(c4ccccc4)N4CCN(C)CC4)CC3)C2)c(C)c1. The number of sulfonamides is 1. The summed E-state index contributed by atoms with van der Waals surface area (Å²) in [5.41, 5.74) is 2.73. The van der Waals surface area contributed by atoms with Crippen molar-refractivity contribution in [1.29, 1.82) is 0 Å². The van der Waals surface area contributed by atoms with Crippen LogP contribution in [0.3, 0.4) is 0 Å². The number of hydrogen-bond donors (Lipinski definition) is 1. The third-order valence-electron chi connectivity index (χ3n) is 9.71. The smallest absolute Gasteiger partial charge is 0.246 e. The van der Waals surface area contributed by atoms with Gasteiger partial charge in [0.05, 0.1) is 18.1 Å². The van der Waals surface area contributed by atoms with E-state index >= 15 is 0 Å². The molecule has 2 aliphatic heterocycles. The first-order chi connectivity index (χ1) is 21.2. The molecule has 1 aliphatic carbocycles. The van der Waals surface area contributed by atoms with Crippen LogP contribution >= 0.6 is 0 Å². The minimum atomic E-state index is -3.69. The van der Waals surface area contributed by atoms with Gasteiger partial charge < -0.3 is 19.7 Å². The Balaban J connectivity index is 1.11. The van der Waals surface area contributed by atoms with Crippen molar-refractivity contribution in [3.05, 3.63) is 59.2 Å². The predicted octanol–water partition coefficient (Wildman–Crippen LogP) is 4.15. The number of nitrogens with zero attached hydrogens (tertiary/aromatic N) is 3. The van der Waals surface area contributed by atoms with E-state index in [9.17, 15) is 13.2 Å². The fourth-order valence-electron chi connectivity index (χ4n) is 7.40. The Morgan fingerprint density at radius 3 is 2.25 bits per heavy atom. The number of aryl methyl sites for hydroxylation is 2. The zero-order chi connectivity index (χ0) is 31.3. The largest absolute Gasteiger partial charge is 0.497 e. The monoisotopic (exact) mass is 626 g/mol. The quantitative estimate of drug-likeness (QED) is 0.424. The van der Waals surface area contributed by atoms with Crippen molar-refractivity contribution < 1.29 is 22.7 Å². The molecule has 5 rings (SSSR count). The summed E-state index contributed by atoms with van der Waals surface area (Å²) in [6.45, 7) is 8.61. The van der Waals surface area contributed by atoms with Gasteiger partial charge in [-0.15, -0.1) is 0 Å². The molecule has 1 saturated carbocycles. The number of piperazine rings is 1. The highest BCUT2D eigenvalue weighted by atomic mass is 32.2. The lowest BCUT2D eigenvalue weighted by molar-refractivity contribution is -0.129. The Labute approximate surface area is 263 Å². The van der Waals surface area contributed by atoms with Gasteiger partial charge in [0.25, 0.3) is 0 Å². The molecule has 10 heteroatoms. The van der Waals surface area contributed by atoms with Crippen LogP contribution in [0, 0.1) is 19.8 Å². The van der Waals surface area contributed by atoms with Crippen LogP contribution in [0.15, 0.2) is 47.4 Å². The number of methoxy groups -OCH3 is 1. The fraction of sp³-hybridized carbons (Fsp3) is 0.618. The van der Waals surface area contributed by atoms with E-state index in [1.54, 1.807) is 33.1 Å². The molecule has 242 valence electrons. The van der Waals surface area contributed by atoms with Gasteiger partial charge in [-0.2, -0.15) is 4.31 Å². The summed E-state index contributed by atoms with van der Waals surface area (Å²) >= 11 is 0. The number of likely N-dealkylation sites (N-methyl/N-ethyl adjacent to an activating group) is 1. The molecule has 0 bridgehead atoms. The van der Waals surface area contributed by atoms with Crippen molar-refractivity contribution in [3.8, 4) is 5.75 Å². The number of nitrogens with one attached hydrogen (secondary N) is 1. The van der Waals surface area contributed by atoms with Crippen LogP contribution in [0.2, 0.25) is 0 Å². The average molecular weight is 627 g/mol. The van der Waals surface area contributed by atoms with Gasteiger partial charge in [0.2, 0.25) is 15.9 Å². The summed E-state index contributed by atoms with van der Waals surface area (Å²) in [5, 5.41) is 3.21. The molecule has 2 aromatic carbocycles. The van der Waals surface area contributed by atoms with E-state index in [2.05, 4.69) is 52.5 Å². The van der Waals surface area contributed by atoms with E-state index in [0.29, 0.717) is 46.7 Å². The minimum absolute atomic E-state index is 0.0486. The Bertz CT molecular complexity index is 1330. The third-order valence-corrected chi connectivity index (χ3v) is 11.9. The molecule has 0 aromatic heterocycles. The maximum absolute atomic E-state index is 13.6. The molecule has 9 nitrogen and oxygen atoms in total. The Morgan fingerprint density at radius 1 is 0.955 bits per heavy atom. The van der Waals surface area contributed by atoms with Crippen LogP contribution in [0.25, 0.3) is 0 Å². The zero-order valence-corrected chi connectivity index (χ0v) is 27.7. The summed E-state index contributed by atoms with van der Waals surface area (Å²) in [6, 6.07) is 15.0. The molecule has 2 unspecified atom stereocenters. The van der Waals surface area contributed by atoms with Gasteiger partial charge in [0.15, 0.2) is 0 Å². The lowest BCUT2D eigenvalue weighted by Crippen LogP contribution is -2.49. The summed E-state index contributed by atoms with van der Waals surface area (Å²) < 4.78 is 40.0. The molecule has 44 heavy (non-hydrogen) atoms. The van der Waals surface area contributed by atoms with Crippen LogP contribution in [0.4, 0.5) is 0 Å². The maximum atomic E-state index is 13.6. The molecular weight excluding hydrogens is 576 g/mol. The predicted molar refractivity (Wildman–Crippen MR) is 172 cm³/mol. The molecule has 0 radical (unpaired) electrons. The van der Waals surface area contributed by atoms with Gasteiger partial charge in [-0.1, -0.05) is 30.3 Å². The first-order valence-corrected chi connectivity index (χ1v) is 17.6. The molecule has 2 aromatic rings. The van der Waals surface area contributed by atoms with Gasteiger partial charge in [-0.05, 0) is 94.2 Å². The van der Waals surface area contributed by atoms with Crippen LogP contribution in [-0.2, 0) is 19.6 Å². The minimum Gasteiger partial charge on any atom is -0.497 e. The highest BCUT2D eigenvalue weighted by Gasteiger charge is 2.35. The summed E-state index contributed by atoms with van der Waals surface area (Å²) in [7, 11) is 0.0790. The standard InChI is InChI=1S/C34H50N4O5S/c1-25-21-31(42-4)22-26(2)34(25)44(40,41)38-16-8-11-30(23-38)43-24-32(39)35-29-14-12-28(13-15-29)33(27-9-6-5-7-10-27)37-19-17-36(3)18-20-37/h5-7,9-10,21-22,28-30,33H,8,11-20,23-24H2,1-4H3,(H,35,39). The van der Waals surface area contributed by atoms with Crippen LogP contribution in [0.1, 0.15) is 61.3 Å². The highest BCUT2D eigenvalue weighted by Crippen LogP contribution is 2.39. The molecule has 3 fully saturated rings. The van der Waals surface area contributed by atoms with Gasteiger partial charge in [0, 0.05) is 51.4 Å². The maximum Gasteiger partial charge on any atom is 0.246 e. The Morgan fingerprint density at radius 2 is 1.61 bits per heavy atom. The number of amides is 1. The van der Waals surface area contributed by atoms with E-state index in [1.165, 1.54) is 9.87 Å². The number of benzene rings is 2. The van der Waals surface area contributed by atoms with Gasteiger partial charge >= 0.3 is 0 Å². The molecule has 2 heterocycles. The van der Waals surface area contributed by atoms with Crippen molar-refractivity contribution in [2.24, 2.45) is 5.92 Å². The van der Waals surface area contributed by atoms with E-state index < -0.39 is 10.0 Å². The topological polar surface area (TPSA) is 91.4 Å². The van der Waals surface area contributed by atoms with E-state index in [-0.39, 0.29) is 31.2 Å². The first kappa shape index (κ1) is 32.9. The van der Waals surface area contributed by atoms with Crippen molar-refractivity contribution in [2.75, 3.05) is 60.0 Å². The normalized spacial score (nSPS) is 25.0. The Hall–Kier alpha value is -2.50. The lowest BCUT2D eigenvalue weighted by Gasteiger charge is -2.44. The van der Waals surface area contributed by atoms with Crippen molar-refractivity contribution in [1.82, 2.24) is 19.4 Å². The molecule has 1 amide bonds. The molecule has 0 spiro atoms. The summed E-state index contributed by atoms with van der Waals surface area (Å²) in [4.78, 5) is 18.3. The van der Waals surface area contributed by atoms with Crippen LogP contribution in [0.5, 0.6) is 5.75 Å². The number of rotatable bonds is 10. The fourth-order valence-corrected chi connectivity index (χ4v) is 9.32. The Kier molecular flexibility index (Phi) is 11.0. The second-order valence-electron chi connectivity index (χ2n) is 12.9. The number of hydrogen-bond acceptors (Lipinski definition) is 7. The lowest BCUT2D eigenvalue weighted by atomic mass is 9.78. The molecule has 2 saturated heterocycles. The number of ether oxygens (including phenoxy) is 2. The molecule has 1 N–H and O–H groups in total. The van der Waals surface area contributed by atoms with E-state index in [1.807, 2.05) is 0 Å². The van der Waals surface area contributed by atoms with Gasteiger partial charge in [0.1, 0.15) is 12.4 Å². The zero-order valence-electron chi connectivity index (χ0n) is 26.8. The molecular formula is C34H50N4O5S. The highest BCUT2D eigenvalue weighted by molar-refractivity contribution is 7.89. The van der Waals surface area contributed by atoms with Crippen molar-refractivity contribution in [3.63, 3.8) is 0 Å². The van der Waals surface area contributed by atoms with Crippen LogP contribution in [-0.4, -0.2) is 101 Å². The van der Waals surface area contributed by atoms with E-state index in [4.69, 9.17) is 9.47 Å². The number of carbonyl (C=O) groups is 1. The average Bonchev–Trinajstić information content (AvgIpc) is 3.02. The second kappa shape index (κ2) is 14.7. The van der Waals surface area contributed by atoms with Crippen molar-refractivity contribution in [2.45, 2.75) is 75.5 Å². The third kappa shape index (κ3) is 7.83. The van der Waals surface area contributed by atoms with Gasteiger partial charge in [-0.25, -0.2) is 8.42 Å². The summed E-state index contributed by atoms with van der Waals surface area (Å²) in [5.74, 6) is 1.09. The van der Waals surface area contributed by atoms with E-state index in [0.717, 1.165) is 58.3 Å². The van der Waals surface area contributed by atoms with Gasteiger partial charge in [-0.3, -0.25) is 9.69 Å². The second-order valence-corrected chi connectivity index (χ2v) is 14.8. The first-order valence-electron chi connectivity index (χ1n) is 16.2. The number of piperidine rings is 1.